The summed E-state index contributed by atoms with van der Waals surface area (Å²) in [4.78, 5) is 17.8. The lowest BCUT2D eigenvalue weighted by Gasteiger charge is -2.14. The number of thioether (sulfide) groups is 1. The number of hydrogen-bond donors (Lipinski definition) is 1. The Morgan fingerprint density at radius 1 is 1.40 bits per heavy atom. The van der Waals surface area contributed by atoms with Gasteiger partial charge in [0, 0.05) is 24.1 Å². The van der Waals surface area contributed by atoms with Gasteiger partial charge in [0.25, 0.3) is 0 Å². The van der Waals surface area contributed by atoms with E-state index in [1.54, 1.807) is 19.0 Å². The van der Waals surface area contributed by atoms with E-state index in [1.807, 2.05) is 31.2 Å². The van der Waals surface area contributed by atoms with Crippen molar-refractivity contribution in [2.24, 2.45) is 0 Å². The molecule has 1 heterocycles. The molecular weight excluding hydrogens is 340 g/mol. The molecule has 1 N–H and O–H groups in total. The van der Waals surface area contributed by atoms with Gasteiger partial charge in [-0.3, -0.25) is 9.89 Å². The number of carbonyl (C=O) groups excluding carboxylic acids is 1. The maximum absolute atomic E-state index is 11.8. The van der Waals surface area contributed by atoms with Crippen LogP contribution in [0, 0.1) is 0 Å². The number of nitrogens with one attached hydrogen (secondary N) is 1. The van der Waals surface area contributed by atoms with Crippen LogP contribution in [0.25, 0.3) is 11.4 Å². The molecule has 1 aromatic heterocycles. The molecule has 1 aromatic carbocycles. The lowest BCUT2D eigenvalue weighted by Crippen LogP contribution is -2.29. The molecule has 0 bridgehead atoms. The molecule has 2 aromatic rings. The number of H-pyrrole nitrogens is 1. The van der Waals surface area contributed by atoms with Gasteiger partial charge in [0.05, 0.1) is 5.25 Å². The molecule has 1 amide bonds. The van der Waals surface area contributed by atoms with E-state index in [4.69, 9.17) is 0 Å². The highest BCUT2D eigenvalue weighted by Crippen LogP contribution is 2.27. The third kappa shape index (κ3) is 3.40. The average Bonchev–Trinajstić information content (AvgIpc) is 2.86. The summed E-state index contributed by atoms with van der Waals surface area (Å²) in [5.74, 6) is 0.728. The first kappa shape index (κ1) is 15.1. The summed E-state index contributed by atoms with van der Waals surface area (Å²) in [5.41, 5.74) is 0.943. The van der Waals surface area contributed by atoms with E-state index in [2.05, 4.69) is 31.1 Å². The summed E-state index contributed by atoms with van der Waals surface area (Å²) in [6, 6.07) is 7.78. The normalized spacial score (nSPS) is 12.2. The monoisotopic (exact) mass is 354 g/mol. The van der Waals surface area contributed by atoms with Gasteiger partial charge in [-0.25, -0.2) is 4.98 Å². The highest BCUT2D eigenvalue weighted by Gasteiger charge is 2.19. The van der Waals surface area contributed by atoms with Crippen molar-refractivity contribution in [3.8, 4) is 11.4 Å². The Kier molecular flexibility index (Phi) is 4.82. The highest BCUT2D eigenvalue weighted by atomic mass is 79.9. The molecule has 0 saturated carbocycles. The van der Waals surface area contributed by atoms with E-state index in [9.17, 15) is 4.79 Å². The second-order valence-corrected chi connectivity index (χ2v) is 6.60. The third-order valence-corrected chi connectivity index (χ3v) is 4.30. The summed E-state index contributed by atoms with van der Waals surface area (Å²) < 4.78 is 0.949. The van der Waals surface area contributed by atoms with E-state index in [0.717, 1.165) is 10.0 Å². The second kappa shape index (κ2) is 6.41. The predicted octanol–water partition coefficient (Wildman–Crippen LogP) is 2.80. The summed E-state index contributed by atoms with van der Waals surface area (Å²) in [5, 5.41) is 7.40. The fraction of sp³-hybridized carbons (Fsp3) is 0.308. The molecule has 0 spiro atoms. The number of aromatic nitrogens is 3. The summed E-state index contributed by atoms with van der Waals surface area (Å²) in [7, 11) is 3.48. The van der Waals surface area contributed by atoms with Crippen molar-refractivity contribution < 1.29 is 4.79 Å². The minimum Gasteiger partial charge on any atom is -0.348 e. The van der Waals surface area contributed by atoms with Crippen molar-refractivity contribution in [2.75, 3.05) is 14.1 Å². The molecule has 20 heavy (non-hydrogen) atoms. The number of amides is 1. The molecule has 5 nitrogen and oxygen atoms in total. The van der Waals surface area contributed by atoms with Gasteiger partial charge in [0.1, 0.15) is 0 Å². The first-order valence-electron chi connectivity index (χ1n) is 6.04. The van der Waals surface area contributed by atoms with Crippen LogP contribution >= 0.6 is 27.7 Å². The Bertz CT molecular complexity index is 614. The van der Waals surface area contributed by atoms with Crippen LogP contribution in [0.2, 0.25) is 0 Å². The van der Waals surface area contributed by atoms with E-state index in [-0.39, 0.29) is 11.2 Å². The van der Waals surface area contributed by atoms with Crippen molar-refractivity contribution in [1.82, 2.24) is 20.1 Å². The largest absolute Gasteiger partial charge is 0.348 e. The summed E-state index contributed by atoms with van der Waals surface area (Å²) in [6.45, 7) is 1.85. The first-order valence-corrected chi connectivity index (χ1v) is 7.71. The zero-order chi connectivity index (χ0) is 14.7. The Hall–Kier alpha value is -1.34. The Balaban J connectivity index is 2.14. The van der Waals surface area contributed by atoms with Crippen LogP contribution in [0.4, 0.5) is 0 Å². The van der Waals surface area contributed by atoms with E-state index in [0.29, 0.717) is 11.0 Å². The van der Waals surface area contributed by atoms with Crippen LogP contribution in [-0.4, -0.2) is 45.3 Å². The second-order valence-electron chi connectivity index (χ2n) is 4.44. The SMILES string of the molecule is C[C@H](Sc1n[nH]c(-c2ccccc2Br)n1)C(=O)N(C)C. The van der Waals surface area contributed by atoms with Crippen molar-refractivity contribution >= 4 is 33.6 Å². The zero-order valence-corrected chi connectivity index (χ0v) is 13.8. The molecule has 0 radical (unpaired) electrons. The number of carbonyl (C=O) groups is 1. The molecule has 0 fully saturated rings. The maximum atomic E-state index is 11.8. The Morgan fingerprint density at radius 2 is 2.10 bits per heavy atom. The molecule has 0 aliphatic rings. The first-order chi connectivity index (χ1) is 9.49. The van der Waals surface area contributed by atoms with Gasteiger partial charge in [-0.05, 0) is 13.0 Å². The maximum Gasteiger partial charge on any atom is 0.235 e. The van der Waals surface area contributed by atoms with Crippen LogP contribution in [0.1, 0.15) is 6.92 Å². The van der Waals surface area contributed by atoms with Crippen LogP contribution in [0.3, 0.4) is 0 Å². The van der Waals surface area contributed by atoms with Crippen LogP contribution < -0.4 is 0 Å². The highest BCUT2D eigenvalue weighted by molar-refractivity contribution is 9.10. The average molecular weight is 355 g/mol. The van der Waals surface area contributed by atoms with E-state index >= 15 is 0 Å². The standard InChI is InChI=1S/C13H15BrN4OS/c1-8(12(19)18(2)3)20-13-15-11(16-17-13)9-6-4-5-7-10(9)14/h4-8H,1-3H3,(H,15,16,17)/t8-/m0/s1. The topological polar surface area (TPSA) is 61.9 Å². The number of aromatic amines is 1. The number of rotatable bonds is 4. The molecule has 106 valence electrons. The minimum absolute atomic E-state index is 0.0437. The third-order valence-electron chi connectivity index (χ3n) is 2.66. The van der Waals surface area contributed by atoms with Gasteiger partial charge in [0.15, 0.2) is 5.82 Å². The molecule has 1 atom stereocenters. The lowest BCUT2D eigenvalue weighted by molar-refractivity contribution is -0.127. The van der Waals surface area contributed by atoms with Crippen LogP contribution in [0.5, 0.6) is 0 Å². The minimum atomic E-state index is -0.215. The molecule has 0 unspecified atom stereocenters. The van der Waals surface area contributed by atoms with Crippen LogP contribution in [-0.2, 0) is 4.79 Å². The number of nitrogens with zero attached hydrogens (tertiary/aromatic N) is 3. The van der Waals surface area contributed by atoms with Crippen molar-refractivity contribution in [2.45, 2.75) is 17.3 Å². The zero-order valence-electron chi connectivity index (χ0n) is 11.4. The van der Waals surface area contributed by atoms with Crippen LogP contribution in [0.15, 0.2) is 33.9 Å². The lowest BCUT2D eigenvalue weighted by atomic mass is 10.2. The van der Waals surface area contributed by atoms with Gasteiger partial charge in [-0.1, -0.05) is 45.9 Å². The fourth-order valence-corrected chi connectivity index (χ4v) is 2.99. The summed E-state index contributed by atoms with van der Waals surface area (Å²) >= 11 is 4.82. The smallest absolute Gasteiger partial charge is 0.235 e. The number of benzene rings is 1. The Labute approximate surface area is 130 Å². The van der Waals surface area contributed by atoms with E-state index in [1.165, 1.54) is 11.8 Å². The van der Waals surface area contributed by atoms with Gasteiger partial charge < -0.3 is 4.90 Å². The predicted molar refractivity (Wildman–Crippen MR) is 83.5 cm³/mol. The number of halogens is 1. The Morgan fingerprint density at radius 3 is 2.75 bits per heavy atom. The molecule has 2 rings (SSSR count). The van der Waals surface area contributed by atoms with Crippen molar-refractivity contribution in [1.29, 1.82) is 0 Å². The van der Waals surface area contributed by atoms with Gasteiger partial charge >= 0.3 is 0 Å². The molecular formula is C13H15BrN4OS. The molecule has 0 aliphatic carbocycles. The van der Waals surface area contributed by atoms with Gasteiger partial charge in [0.2, 0.25) is 11.1 Å². The van der Waals surface area contributed by atoms with Crippen molar-refractivity contribution in [3.05, 3.63) is 28.7 Å². The molecule has 0 saturated heterocycles. The van der Waals surface area contributed by atoms with Gasteiger partial charge in [-0.15, -0.1) is 5.10 Å². The molecule has 0 aliphatic heterocycles. The van der Waals surface area contributed by atoms with E-state index < -0.39 is 0 Å². The fourth-order valence-electron chi connectivity index (χ4n) is 1.64. The summed E-state index contributed by atoms with van der Waals surface area (Å²) in [6.07, 6.45) is 0. The van der Waals surface area contributed by atoms with Gasteiger partial charge in [-0.2, -0.15) is 0 Å². The molecule has 7 heteroatoms. The van der Waals surface area contributed by atoms with Crippen molar-refractivity contribution in [3.63, 3.8) is 0 Å². The quantitative estimate of drug-likeness (QED) is 0.857. The number of hydrogen-bond acceptors (Lipinski definition) is 4.